The summed E-state index contributed by atoms with van der Waals surface area (Å²) in [7, 11) is 0. The van der Waals surface area contributed by atoms with Crippen molar-refractivity contribution in [2.45, 2.75) is 51.7 Å². The van der Waals surface area contributed by atoms with Gasteiger partial charge in [0, 0.05) is 11.4 Å². The molecule has 2 aromatic carbocycles. The predicted molar refractivity (Wildman–Crippen MR) is 144 cm³/mol. The normalized spacial score (nSPS) is 14.7. The summed E-state index contributed by atoms with van der Waals surface area (Å²) in [5.74, 6) is 2.75. The molecule has 0 aliphatic carbocycles. The van der Waals surface area contributed by atoms with Crippen LogP contribution in [0.4, 0.5) is 11.6 Å². The molecule has 1 aliphatic rings. The maximum absolute atomic E-state index is 13.8. The molecule has 3 aromatic rings. The number of benzene rings is 2. The first-order valence-corrected chi connectivity index (χ1v) is 13.4. The second-order valence-corrected chi connectivity index (χ2v) is 9.38. The summed E-state index contributed by atoms with van der Waals surface area (Å²) in [5, 5.41) is 11.8. The molecule has 2 N–H and O–H groups in total. The van der Waals surface area contributed by atoms with Gasteiger partial charge in [-0.1, -0.05) is 49.4 Å². The Morgan fingerprint density at radius 3 is 2.56 bits per heavy atom. The first-order valence-electron chi connectivity index (χ1n) is 12.4. The third-order valence-electron chi connectivity index (χ3n) is 5.75. The van der Waals surface area contributed by atoms with Crippen LogP contribution in [-0.2, 0) is 4.79 Å². The Morgan fingerprint density at radius 2 is 1.83 bits per heavy atom. The van der Waals surface area contributed by atoms with E-state index in [0.717, 1.165) is 35.6 Å². The standard InChI is InChI=1S/C27H33N5O3S/c1-5-8-17-36-27-30-26-28-18(4)23(25(33)29-21-11-9-10-12-22(21)35-7-3)24(32(26)31-27)19-13-15-20(16-14-19)34-6-2/h9-16,24H,5-8,17H2,1-4H3,(H,29,33)(H,28,30,31). The highest BCUT2D eigenvalue weighted by Crippen LogP contribution is 2.38. The summed E-state index contributed by atoms with van der Waals surface area (Å²) >= 11 is 1.63. The largest absolute Gasteiger partial charge is 0.494 e. The quantitative estimate of drug-likeness (QED) is 0.247. The highest BCUT2D eigenvalue weighted by atomic mass is 32.2. The van der Waals surface area contributed by atoms with E-state index in [1.807, 2.05) is 69.3 Å². The third-order valence-corrected chi connectivity index (χ3v) is 6.67. The first kappa shape index (κ1) is 25.6. The van der Waals surface area contributed by atoms with Crippen LogP contribution in [0.1, 0.15) is 52.1 Å². The number of rotatable bonds is 11. The minimum Gasteiger partial charge on any atom is -0.494 e. The Labute approximate surface area is 216 Å². The van der Waals surface area contributed by atoms with Gasteiger partial charge in [-0.3, -0.25) is 4.79 Å². The van der Waals surface area contributed by atoms with Gasteiger partial charge in [0.25, 0.3) is 5.91 Å². The van der Waals surface area contributed by atoms with E-state index >= 15 is 0 Å². The van der Waals surface area contributed by atoms with Crippen molar-refractivity contribution in [1.82, 2.24) is 14.8 Å². The molecule has 0 spiro atoms. The van der Waals surface area contributed by atoms with Crippen LogP contribution in [0, 0.1) is 0 Å². The van der Waals surface area contributed by atoms with E-state index in [9.17, 15) is 4.79 Å². The number of hydrogen-bond donors (Lipinski definition) is 2. The van der Waals surface area contributed by atoms with E-state index in [4.69, 9.17) is 19.6 Å². The van der Waals surface area contributed by atoms with Crippen molar-refractivity contribution in [3.05, 3.63) is 65.4 Å². The van der Waals surface area contributed by atoms with Crippen molar-refractivity contribution in [2.75, 3.05) is 29.6 Å². The van der Waals surface area contributed by atoms with Crippen LogP contribution in [0.25, 0.3) is 0 Å². The van der Waals surface area contributed by atoms with E-state index in [2.05, 4.69) is 17.6 Å². The maximum Gasteiger partial charge on any atom is 0.255 e. The Kier molecular flexibility index (Phi) is 8.53. The summed E-state index contributed by atoms with van der Waals surface area (Å²) in [4.78, 5) is 18.5. The number of fused-ring (bicyclic) bond motifs is 1. The molecule has 1 aromatic heterocycles. The van der Waals surface area contributed by atoms with E-state index < -0.39 is 6.04 Å². The Hall–Kier alpha value is -3.46. The zero-order valence-corrected chi connectivity index (χ0v) is 22.0. The number of nitrogens with zero attached hydrogens (tertiary/aromatic N) is 3. The number of thioether (sulfide) groups is 1. The van der Waals surface area contributed by atoms with E-state index in [0.29, 0.717) is 41.3 Å². The molecule has 0 saturated carbocycles. The minimum atomic E-state index is -0.454. The molecular formula is C27H33N5O3S. The number of anilines is 2. The number of allylic oxidation sites excluding steroid dienone is 1. The molecule has 1 amide bonds. The van der Waals surface area contributed by atoms with Crippen LogP contribution in [0.2, 0.25) is 0 Å². The van der Waals surface area contributed by atoms with Gasteiger partial charge in [0.2, 0.25) is 11.1 Å². The van der Waals surface area contributed by atoms with Crippen LogP contribution < -0.4 is 20.1 Å². The van der Waals surface area contributed by atoms with Crippen molar-refractivity contribution < 1.29 is 14.3 Å². The lowest BCUT2D eigenvalue weighted by Gasteiger charge is -2.29. The Balaban J connectivity index is 1.71. The molecule has 2 heterocycles. The number of nitrogens with one attached hydrogen (secondary N) is 2. The fourth-order valence-corrected chi connectivity index (χ4v) is 4.97. The molecule has 4 rings (SSSR count). The minimum absolute atomic E-state index is 0.229. The zero-order chi connectivity index (χ0) is 25.5. The summed E-state index contributed by atoms with van der Waals surface area (Å²) in [6.45, 7) is 9.02. The fourth-order valence-electron chi connectivity index (χ4n) is 4.06. The van der Waals surface area contributed by atoms with Crippen LogP contribution in [-0.4, -0.2) is 39.6 Å². The van der Waals surface area contributed by atoms with Gasteiger partial charge in [0.15, 0.2) is 0 Å². The van der Waals surface area contributed by atoms with Gasteiger partial charge in [-0.25, -0.2) is 4.68 Å². The second-order valence-electron chi connectivity index (χ2n) is 8.32. The lowest BCUT2D eigenvalue weighted by atomic mass is 9.95. The molecule has 1 aliphatic heterocycles. The molecule has 0 saturated heterocycles. The van der Waals surface area contributed by atoms with Gasteiger partial charge in [-0.15, -0.1) is 5.10 Å². The van der Waals surface area contributed by atoms with E-state index in [1.165, 1.54) is 0 Å². The molecule has 9 heteroatoms. The van der Waals surface area contributed by atoms with Gasteiger partial charge in [0.1, 0.15) is 17.5 Å². The van der Waals surface area contributed by atoms with Crippen molar-refractivity contribution in [3.63, 3.8) is 0 Å². The number of carbonyl (C=O) groups excluding carboxylic acids is 1. The van der Waals surface area contributed by atoms with Gasteiger partial charge < -0.3 is 20.1 Å². The van der Waals surface area contributed by atoms with E-state index in [-0.39, 0.29) is 5.91 Å². The van der Waals surface area contributed by atoms with Gasteiger partial charge in [0.05, 0.1) is 24.5 Å². The maximum atomic E-state index is 13.8. The Morgan fingerprint density at radius 1 is 1.08 bits per heavy atom. The third kappa shape index (κ3) is 5.67. The van der Waals surface area contributed by atoms with Crippen LogP contribution >= 0.6 is 11.8 Å². The van der Waals surface area contributed by atoms with Crippen LogP contribution in [0.15, 0.2) is 65.0 Å². The molecular weight excluding hydrogens is 474 g/mol. The van der Waals surface area contributed by atoms with Gasteiger partial charge in [-0.2, -0.15) is 4.98 Å². The molecule has 36 heavy (non-hydrogen) atoms. The molecule has 0 radical (unpaired) electrons. The van der Waals surface area contributed by atoms with Crippen molar-refractivity contribution >= 4 is 29.3 Å². The van der Waals surface area contributed by atoms with Crippen molar-refractivity contribution in [2.24, 2.45) is 0 Å². The smallest absolute Gasteiger partial charge is 0.255 e. The number of hydrogen-bond acceptors (Lipinski definition) is 7. The van der Waals surface area contributed by atoms with E-state index in [1.54, 1.807) is 16.4 Å². The molecule has 190 valence electrons. The Bertz CT molecular complexity index is 1220. The molecule has 8 nitrogen and oxygen atoms in total. The SMILES string of the molecule is CCCCSc1nc2n(n1)C(c1ccc(OCC)cc1)C(C(=O)Nc1ccccc1OCC)=C(C)N2. The molecule has 0 bridgehead atoms. The number of ether oxygens (including phenoxy) is 2. The number of amides is 1. The lowest BCUT2D eigenvalue weighted by Crippen LogP contribution is -2.31. The molecule has 1 atom stereocenters. The average Bonchev–Trinajstić information content (AvgIpc) is 3.27. The zero-order valence-electron chi connectivity index (χ0n) is 21.2. The topological polar surface area (TPSA) is 90.3 Å². The van der Waals surface area contributed by atoms with Crippen molar-refractivity contribution in [3.8, 4) is 11.5 Å². The molecule has 0 fully saturated rings. The van der Waals surface area contributed by atoms with Crippen LogP contribution in [0.3, 0.4) is 0 Å². The number of carbonyl (C=O) groups is 1. The average molecular weight is 508 g/mol. The number of aromatic nitrogens is 3. The highest BCUT2D eigenvalue weighted by Gasteiger charge is 2.34. The summed E-state index contributed by atoms with van der Waals surface area (Å²) < 4.78 is 13.2. The molecule has 1 unspecified atom stereocenters. The second kappa shape index (κ2) is 12.0. The van der Waals surface area contributed by atoms with Gasteiger partial charge in [-0.05, 0) is 57.0 Å². The monoisotopic (exact) mass is 507 g/mol. The highest BCUT2D eigenvalue weighted by molar-refractivity contribution is 7.99. The summed E-state index contributed by atoms with van der Waals surface area (Å²) in [6.07, 6.45) is 2.20. The fraction of sp³-hybridized carbons (Fsp3) is 0.370. The predicted octanol–water partition coefficient (Wildman–Crippen LogP) is 5.90. The summed E-state index contributed by atoms with van der Waals surface area (Å²) in [6, 6.07) is 14.8. The van der Waals surface area contributed by atoms with Crippen molar-refractivity contribution in [1.29, 1.82) is 0 Å². The number of unbranched alkanes of at least 4 members (excludes halogenated alkanes) is 1. The van der Waals surface area contributed by atoms with Gasteiger partial charge >= 0.3 is 0 Å². The van der Waals surface area contributed by atoms with Crippen LogP contribution in [0.5, 0.6) is 11.5 Å². The summed E-state index contributed by atoms with van der Waals surface area (Å²) in [5.41, 5.74) is 2.83. The first-order chi connectivity index (χ1) is 17.5. The number of para-hydroxylation sites is 2. The lowest BCUT2D eigenvalue weighted by molar-refractivity contribution is -0.113.